The van der Waals surface area contributed by atoms with Crippen molar-refractivity contribution in [2.45, 2.75) is 19.6 Å². The lowest BCUT2D eigenvalue weighted by atomic mass is 10.1. The molecule has 0 fully saturated rings. The molecule has 0 aliphatic rings. The number of thiazole rings is 1. The van der Waals surface area contributed by atoms with Crippen LogP contribution >= 0.6 is 11.3 Å². The molecule has 3 aromatic rings. The van der Waals surface area contributed by atoms with Crippen molar-refractivity contribution in [1.82, 2.24) is 15.2 Å². The van der Waals surface area contributed by atoms with Gasteiger partial charge in [0, 0.05) is 18.5 Å². The van der Waals surface area contributed by atoms with Gasteiger partial charge in [-0.3, -0.25) is 14.5 Å². The highest BCUT2D eigenvalue weighted by Crippen LogP contribution is 2.13. The lowest BCUT2D eigenvalue weighted by molar-refractivity contribution is 0.0946. The topological polar surface area (TPSA) is 78.3 Å². The number of hydrogen-bond donors (Lipinski definition) is 2. The van der Waals surface area contributed by atoms with Crippen LogP contribution in [0.15, 0.2) is 57.3 Å². The average molecular weight is 357 g/mol. The molecule has 0 radical (unpaired) electrons. The summed E-state index contributed by atoms with van der Waals surface area (Å²) in [4.78, 5) is 27.7. The van der Waals surface area contributed by atoms with Crippen molar-refractivity contribution < 1.29 is 9.21 Å². The van der Waals surface area contributed by atoms with E-state index in [1.807, 2.05) is 43.4 Å². The number of rotatable bonds is 7. The number of nitrogens with zero attached hydrogens (tertiary/aromatic N) is 1. The maximum atomic E-state index is 12.1. The first-order valence-corrected chi connectivity index (χ1v) is 8.73. The van der Waals surface area contributed by atoms with Crippen LogP contribution in [0.5, 0.6) is 0 Å². The molecule has 0 atom stereocenters. The van der Waals surface area contributed by atoms with Crippen molar-refractivity contribution in [1.29, 1.82) is 0 Å². The van der Waals surface area contributed by atoms with Crippen LogP contribution in [0.4, 0.5) is 0 Å². The Bertz CT molecular complexity index is 883. The van der Waals surface area contributed by atoms with Crippen LogP contribution < -0.4 is 10.2 Å². The van der Waals surface area contributed by atoms with Gasteiger partial charge in [-0.15, -0.1) is 0 Å². The van der Waals surface area contributed by atoms with Gasteiger partial charge in [0.05, 0.1) is 12.8 Å². The van der Waals surface area contributed by atoms with Gasteiger partial charge in [-0.25, -0.2) is 0 Å². The Morgan fingerprint density at radius 3 is 2.68 bits per heavy atom. The number of amides is 1. The van der Waals surface area contributed by atoms with E-state index < -0.39 is 0 Å². The zero-order chi connectivity index (χ0) is 17.6. The summed E-state index contributed by atoms with van der Waals surface area (Å²) < 4.78 is 5.38. The fourth-order valence-corrected chi connectivity index (χ4v) is 3.12. The molecule has 2 N–H and O–H groups in total. The summed E-state index contributed by atoms with van der Waals surface area (Å²) in [5.41, 5.74) is 2.47. The minimum absolute atomic E-state index is 0.231. The van der Waals surface area contributed by atoms with Crippen molar-refractivity contribution in [2.75, 3.05) is 7.05 Å². The van der Waals surface area contributed by atoms with E-state index in [-0.39, 0.29) is 10.8 Å². The number of aromatic nitrogens is 1. The largest absolute Gasteiger partial charge is 0.468 e. The number of carbonyl (C=O) groups excluding carboxylic acids is 1. The van der Waals surface area contributed by atoms with Crippen LogP contribution in [0.1, 0.15) is 27.4 Å². The standard InChI is InChI=1S/C18H19N3O3S/c1-21(11-15-7-4-8-24-15)10-14-6-3-2-5-13(14)9-19-17(22)16-12-25-18(23)20-16/h2-8,12H,9-11H2,1H3,(H,19,22)(H,20,23). The zero-order valence-electron chi connectivity index (χ0n) is 13.8. The van der Waals surface area contributed by atoms with Crippen LogP contribution in [-0.4, -0.2) is 22.8 Å². The number of nitrogens with one attached hydrogen (secondary N) is 2. The molecular weight excluding hydrogens is 338 g/mol. The van der Waals surface area contributed by atoms with Gasteiger partial charge in [0.15, 0.2) is 0 Å². The molecule has 25 heavy (non-hydrogen) atoms. The summed E-state index contributed by atoms with van der Waals surface area (Å²) in [6.45, 7) is 1.85. The molecular formula is C18H19N3O3S. The van der Waals surface area contributed by atoms with Gasteiger partial charge in [-0.05, 0) is 30.3 Å². The second-order valence-corrected chi connectivity index (χ2v) is 6.61. The van der Waals surface area contributed by atoms with Gasteiger partial charge in [-0.2, -0.15) is 0 Å². The van der Waals surface area contributed by atoms with E-state index in [1.165, 1.54) is 5.38 Å². The molecule has 3 rings (SSSR count). The van der Waals surface area contributed by atoms with E-state index in [0.717, 1.165) is 34.8 Å². The second-order valence-electron chi connectivity index (χ2n) is 5.76. The van der Waals surface area contributed by atoms with Crippen molar-refractivity contribution in [2.24, 2.45) is 0 Å². The maximum Gasteiger partial charge on any atom is 0.305 e. The molecule has 2 heterocycles. The van der Waals surface area contributed by atoms with Gasteiger partial charge in [0.1, 0.15) is 11.5 Å². The van der Waals surface area contributed by atoms with Crippen molar-refractivity contribution >= 4 is 17.2 Å². The van der Waals surface area contributed by atoms with E-state index >= 15 is 0 Å². The van der Waals surface area contributed by atoms with Crippen LogP contribution in [0.2, 0.25) is 0 Å². The Morgan fingerprint density at radius 2 is 2.00 bits per heavy atom. The average Bonchev–Trinajstić information content (AvgIpc) is 3.25. The van der Waals surface area contributed by atoms with E-state index in [1.54, 1.807) is 6.26 Å². The summed E-state index contributed by atoms with van der Waals surface area (Å²) in [5.74, 6) is 0.631. The first-order valence-electron chi connectivity index (χ1n) is 7.85. The smallest absolute Gasteiger partial charge is 0.305 e. The Labute approximate surface area is 149 Å². The van der Waals surface area contributed by atoms with E-state index in [4.69, 9.17) is 4.42 Å². The summed E-state index contributed by atoms with van der Waals surface area (Å²) in [6, 6.07) is 11.8. The number of H-pyrrole nitrogens is 1. The first kappa shape index (κ1) is 17.2. The molecule has 0 spiro atoms. The number of aromatic amines is 1. The van der Waals surface area contributed by atoms with Crippen LogP contribution in [0.25, 0.3) is 0 Å². The lowest BCUT2D eigenvalue weighted by Crippen LogP contribution is -2.25. The van der Waals surface area contributed by atoms with Gasteiger partial charge in [-0.1, -0.05) is 35.6 Å². The molecule has 0 aliphatic carbocycles. The van der Waals surface area contributed by atoms with E-state index in [0.29, 0.717) is 18.8 Å². The Morgan fingerprint density at radius 1 is 1.20 bits per heavy atom. The molecule has 7 heteroatoms. The maximum absolute atomic E-state index is 12.1. The van der Waals surface area contributed by atoms with Gasteiger partial charge in [0.2, 0.25) is 0 Å². The minimum atomic E-state index is -0.280. The fraction of sp³-hybridized carbons (Fsp3) is 0.222. The van der Waals surface area contributed by atoms with Gasteiger partial charge < -0.3 is 14.7 Å². The number of hydrogen-bond acceptors (Lipinski definition) is 5. The molecule has 0 saturated carbocycles. The summed E-state index contributed by atoms with van der Waals surface area (Å²) in [5, 5.41) is 4.38. The van der Waals surface area contributed by atoms with E-state index in [2.05, 4.69) is 15.2 Å². The highest BCUT2D eigenvalue weighted by Gasteiger charge is 2.11. The lowest BCUT2D eigenvalue weighted by Gasteiger charge is -2.18. The second kappa shape index (κ2) is 7.96. The van der Waals surface area contributed by atoms with Crippen molar-refractivity contribution in [3.8, 4) is 0 Å². The highest BCUT2D eigenvalue weighted by molar-refractivity contribution is 7.07. The van der Waals surface area contributed by atoms with E-state index in [9.17, 15) is 9.59 Å². The predicted molar refractivity (Wildman–Crippen MR) is 96.4 cm³/mol. The molecule has 0 aliphatic heterocycles. The van der Waals surface area contributed by atoms with Crippen molar-refractivity contribution in [3.05, 3.63) is 80.3 Å². The quantitative estimate of drug-likeness (QED) is 0.681. The van der Waals surface area contributed by atoms with Gasteiger partial charge >= 0.3 is 4.87 Å². The third kappa shape index (κ3) is 4.68. The highest BCUT2D eigenvalue weighted by atomic mass is 32.1. The van der Waals surface area contributed by atoms with Gasteiger partial charge in [0.25, 0.3) is 5.91 Å². The third-order valence-electron chi connectivity index (χ3n) is 3.77. The first-order chi connectivity index (χ1) is 12.1. The summed E-state index contributed by atoms with van der Waals surface area (Å²) in [6.07, 6.45) is 1.67. The van der Waals surface area contributed by atoms with Crippen LogP contribution in [-0.2, 0) is 19.6 Å². The number of benzene rings is 1. The van der Waals surface area contributed by atoms with Crippen molar-refractivity contribution in [3.63, 3.8) is 0 Å². The minimum Gasteiger partial charge on any atom is -0.468 e. The SMILES string of the molecule is CN(Cc1ccco1)Cc1ccccc1CNC(=O)c1csc(=O)[nH]1. The predicted octanol–water partition coefficient (Wildman–Crippen LogP) is 2.59. The summed E-state index contributed by atoms with van der Waals surface area (Å²) >= 11 is 0.980. The summed E-state index contributed by atoms with van der Waals surface area (Å²) in [7, 11) is 2.02. The Balaban J connectivity index is 1.62. The number of furan rings is 1. The molecule has 2 aromatic heterocycles. The molecule has 130 valence electrons. The fourth-order valence-electron chi connectivity index (χ4n) is 2.56. The normalized spacial score (nSPS) is 11.0. The monoisotopic (exact) mass is 357 g/mol. The molecule has 0 saturated heterocycles. The third-order valence-corrected chi connectivity index (χ3v) is 4.44. The van der Waals surface area contributed by atoms with Crippen LogP contribution in [0, 0.1) is 0 Å². The Kier molecular flexibility index (Phi) is 5.47. The molecule has 1 amide bonds. The Hall–Kier alpha value is -2.64. The number of carbonyl (C=O) groups is 1. The van der Waals surface area contributed by atoms with Crippen LogP contribution in [0.3, 0.4) is 0 Å². The molecule has 1 aromatic carbocycles. The zero-order valence-corrected chi connectivity index (χ0v) is 14.6. The molecule has 6 nitrogen and oxygen atoms in total. The molecule has 0 bridgehead atoms. The molecule has 0 unspecified atom stereocenters.